The highest BCUT2D eigenvalue weighted by Gasteiger charge is 2.33. The van der Waals surface area contributed by atoms with Crippen LogP contribution in [0.3, 0.4) is 0 Å². The Hall–Kier alpha value is -3.26. The summed E-state index contributed by atoms with van der Waals surface area (Å²) in [7, 11) is 0. The van der Waals surface area contributed by atoms with Crippen LogP contribution in [0.1, 0.15) is 0 Å². The number of para-hydroxylation sites is 1. The minimum absolute atomic E-state index is 0.136. The van der Waals surface area contributed by atoms with Gasteiger partial charge in [0.25, 0.3) is 0 Å². The largest absolute Gasteiger partial charge is 0.507 e. The highest BCUT2D eigenvalue weighted by Crippen LogP contribution is 2.31. The van der Waals surface area contributed by atoms with Gasteiger partial charge in [-0.05, 0) is 30.3 Å². The van der Waals surface area contributed by atoms with Crippen molar-refractivity contribution in [3.63, 3.8) is 0 Å². The average Bonchev–Trinajstić information content (AvgIpc) is 3.12. The highest BCUT2D eigenvalue weighted by atomic mass is 19.1. The fourth-order valence-corrected chi connectivity index (χ4v) is 3.26. The molecule has 2 aromatic carbocycles. The fraction of sp³-hybridized carbons (Fsp3) is 0.211. The third-order valence-corrected chi connectivity index (χ3v) is 4.66. The van der Waals surface area contributed by atoms with Crippen LogP contribution in [0.5, 0.6) is 5.75 Å². The van der Waals surface area contributed by atoms with Gasteiger partial charge in [-0.3, -0.25) is 4.79 Å². The van der Waals surface area contributed by atoms with Gasteiger partial charge >= 0.3 is 5.97 Å². The Morgan fingerprint density at radius 3 is 2.81 bits per heavy atom. The van der Waals surface area contributed by atoms with Crippen LogP contribution < -0.4 is 10.6 Å². The van der Waals surface area contributed by atoms with Crippen molar-refractivity contribution >= 4 is 22.7 Å². The van der Waals surface area contributed by atoms with Crippen LogP contribution in [-0.4, -0.2) is 45.3 Å². The second kappa shape index (κ2) is 6.81. The van der Waals surface area contributed by atoms with Gasteiger partial charge in [-0.25, -0.2) is 14.4 Å². The van der Waals surface area contributed by atoms with Crippen molar-refractivity contribution in [1.29, 1.82) is 0 Å². The zero-order chi connectivity index (χ0) is 19.0. The number of nitrogens with zero attached hydrogens (tertiary/aromatic N) is 2. The molecule has 8 heteroatoms. The van der Waals surface area contributed by atoms with Crippen molar-refractivity contribution in [1.82, 2.24) is 15.3 Å². The molecule has 1 fully saturated rings. The molecule has 1 aromatic heterocycles. The minimum Gasteiger partial charge on any atom is -0.507 e. The number of rotatable bonds is 4. The third kappa shape index (κ3) is 3.26. The summed E-state index contributed by atoms with van der Waals surface area (Å²) in [5.74, 6) is -1.53. The number of hydrogen-bond donors (Lipinski definition) is 4. The third-order valence-electron chi connectivity index (χ3n) is 4.66. The van der Waals surface area contributed by atoms with Gasteiger partial charge in [0.1, 0.15) is 17.4 Å². The number of anilines is 1. The van der Waals surface area contributed by atoms with E-state index in [4.69, 9.17) is 0 Å². The Bertz CT molecular complexity index is 1030. The van der Waals surface area contributed by atoms with Gasteiger partial charge in [0, 0.05) is 18.5 Å². The van der Waals surface area contributed by atoms with Crippen LogP contribution in [0.4, 0.5) is 10.2 Å². The van der Waals surface area contributed by atoms with E-state index in [2.05, 4.69) is 20.6 Å². The summed E-state index contributed by atoms with van der Waals surface area (Å²) in [6.07, 6.45) is 0. The van der Waals surface area contributed by atoms with Gasteiger partial charge in [-0.15, -0.1) is 0 Å². The monoisotopic (exact) mass is 368 g/mol. The summed E-state index contributed by atoms with van der Waals surface area (Å²) in [6, 6.07) is 10.5. The number of nitrogens with one attached hydrogen (secondary N) is 2. The van der Waals surface area contributed by atoms with Crippen molar-refractivity contribution in [3.05, 3.63) is 48.3 Å². The maximum atomic E-state index is 13.7. The lowest BCUT2D eigenvalue weighted by Crippen LogP contribution is -2.33. The lowest BCUT2D eigenvalue weighted by molar-refractivity contribution is -0.141. The number of carbonyl (C=O) groups is 1. The Kier molecular flexibility index (Phi) is 4.33. The van der Waals surface area contributed by atoms with E-state index in [-0.39, 0.29) is 23.2 Å². The molecule has 1 unspecified atom stereocenters. The van der Waals surface area contributed by atoms with E-state index in [9.17, 15) is 19.4 Å². The van der Waals surface area contributed by atoms with Gasteiger partial charge in [-0.1, -0.05) is 12.1 Å². The molecule has 1 saturated heterocycles. The molecule has 0 amide bonds. The Morgan fingerprint density at radius 2 is 2.00 bits per heavy atom. The normalized spacial score (nSPS) is 19.3. The number of carboxylic acid groups (broad SMARTS) is 1. The van der Waals surface area contributed by atoms with E-state index < -0.39 is 17.7 Å². The van der Waals surface area contributed by atoms with Crippen LogP contribution in [0.15, 0.2) is 42.5 Å². The first-order valence-electron chi connectivity index (χ1n) is 8.48. The van der Waals surface area contributed by atoms with Gasteiger partial charge in [0.15, 0.2) is 5.82 Å². The molecule has 4 rings (SSSR count). The molecule has 0 aliphatic carbocycles. The smallest absolute Gasteiger partial charge is 0.309 e. The molecule has 1 aliphatic heterocycles. The topological polar surface area (TPSA) is 107 Å². The van der Waals surface area contributed by atoms with E-state index in [1.165, 1.54) is 12.1 Å². The standard InChI is InChI=1S/C19H17FN4O3/c20-10-5-6-16(25)12(7-10)18-22-14-4-2-1-3-11(14)17(24-18)23-15-9-21-8-13(15)19(26)27/h1-7,13,15,21,25H,8-9H2,(H,26,27)(H,22,23,24)/t13-,15?/m1/s1. The molecule has 0 saturated carbocycles. The number of phenols is 1. The summed E-state index contributed by atoms with van der Waals surface area (Å²) in [5.41, 5.74) is 0.773. The van der Waals surface area contributed by atoms with Crippen molar-refractivity contribution in [2.24, 2.45) is 5.92 Å². The number of phenolic OH excluding ortho intramolecular Hbond substituents is 1. The van der Waals surface area contributed by atoms with E-state index in [1.807, 2.05) is 18.2 Å². The molecular weight excluding hydrogens is 351 g/mol. The minimum atomic E-state index is -0.890. The molecule has 27 heavy (non-hydrogen) atoms. The summed E-state index contributed by atoms with van der Waals surface area (Å²) in [5, 5.41) is 26.4. The molecule has 1 aliphatic rings. The number of hydrogen-bond acceptors (Lipinski definition) is 6. The number of aliphatic carboxylic acids is 1. The summed E-state index contributed by atoms with van der Waals surface area (Å²) < 4.78 is 13.7. The van der Waals surface area contributed by atoms with Crippen molar-refractivity contribution < 1.29 is 19.4 Å². The molecule has 0 bridgehead atoms. The predicted molar refractivity (Wildman–Crippen MR) is 98.0 cm³/mol. The number of aromatic nitrogens is 2. The first-order valence-corrected chi connectivity index (χ1v) is 8.48. The molecule has 0 radical (unpaired) electrons. The van der Waals surface area contributed by atoms with Crippen molar-refractivity contribution in [2.75, 3.05) is 18.4 Å². The zero-order valence-electron chi connectivity index (χ0n) is 14.2. The highest BCUT2D eigenvalue weighted by molar-refractivity contribution is 5.91. The molecule has 7 nitrogen and oxygen atoms in total. The second-order valence-corrected chi connectivity index (χ2v) is 6.43. The zero-order valence-corrected chi connectivity index (χ0v) is 14.2. The number of halogens is 1. The van der Waals surface area contributed by atoms with Crippen LogP contribution in [-0.2, 0) is 4.79 Å². The van der Waals surface area contributed by atoms with E-state index in [1.54, 1.807) is 6.07 Å². The van der Waals surface area contributed by atoms with Gasteiger partial charge in [0.2, 0.25) is 0 Å². The molecule has 2 atom stereocenters. The Balaban J connectivity index is 1.82. The Labute approximate surface area is 153 Å². The summed E-state index contributed by atoms with van der Waals surface area (Å²) in [6.45, 7) is 0.851. The van der Waals surface area contributed by atoms with Crippen molar-refractivity contribution in [2.45, 2.75) is 6.04 Å². The van der Waals surface area contributed by atoms with Gasteiger partial charge in [-0.2, -0.15) is 0 Å². The lowest BCUT2D eigenvalue weighted by Gasteiger charge is -2.19. The second-order valence-electron chi connectivity index (χ2n) is 6.43. The molecule has 2 heterocycles. The van der Waals surface area contributed by atoms with Crippen LogP contribution in [0, 0.1) is 11.7 Å². The van der Waals surface area contributed by atoms with Gasteiger partial charge < -0.3 is 20.8 Å². The van der Waals surface area contributed by atoms with Crippen LogP contribution in [0.2, 0.25) is 0 Å². The number of benzene rings is 2. The summed E-state index contributed by atoms with van der Waals surface area (Å²) >= 11 is 0. The number of carboxylic acids is 1. The number of fused-ring (bicyclic) bond motifs is 1. The SMILES string of the molecule is O=C(O)[C@@H]1CNCC1Nc1nc(-c2cc(F)ccc2O)nc2ccccc12. The predicted octanol–water partition coefficient (Wildman–Crippen LogP) is 2.23. The lowest BCUT2D eigenvalue weighted by atomic mass is 10.0. The quantitative estimate of drug-likeness (QED) is 0.559. The van der Waals surface area contributed by atoms with E-state index >= 15 is 0 Å². The maximum Gasteiger partial charge on any atom is 0.309 e. The van der Waals surface area contributed by atoms with E-state index in [0.717, 1.165) is 6.07 Å². The molecule has 4 N–H and O–H groups in total. The summed E-state index contributed by atoms with van der Waals surface area (Å²) in [4.78, 5) is 20.3. The van der Waals surface area contributed by atoms with Gasteiger partial charge in [0.05, 0.1) is 23.0 Å². The van der Waals surface area contributed by atoms with Crippen LogP contribution in [0.25, 0.3) is 22.3 Å². The molecular formula is C19H17FN4O3. The first-order chi connectivity index (χ1) is 13.0. The average molecular weight is 368 g/mol. The maximum absolute atomic E-state index is 13.7. The molecule has 3 aromatic rings. The first kappa shape index (κ1) is 17.2. The molecule has 138 valence electrons. The fourth-order valence-electron chi connectivity index (χ4n) is 3.26. The van der Waals surface area contributed by atoms with Crippen LogP contribution >= 0.6 is 0 Å². The molecule has 0 spiro atoms. The number of aromatic hydroxyl groups is 1. The Morgan fingerprint density at radius 1 is 1.19 bits per heavy atom. The van der Waals surface area contributed by atoms with E-state index in [0.29, 0.717) is 29.8 Å². The van der Waals surface area contributed by atoms with Crippen molar-refractivity contribution in [3.8, 4) is 17.1 Å².